The van der Waals surface area contributed by atoms with Crippen molar-refractivity contribution in [2.24, 2.45) is 0 Å². The molecule has 7 nitrogen and oxygen atoms in total. The zero-order valence-corrected chi connectivity index (χ0v) is 18.3. The van der Waals surface area contributed by atoms with Crippen molar-refractivity contribution in [3.05, 3.63) is 66.0 Å². The normalized spacial score (nSPS) is 15.3. The summed E-state index contributed by atoms with van der Waals surface area (Å²) >= 11 is 0. The van der Waals surface area contributed by atoms with E-state index in [9.17, 15) is 4.79 Å². The lowest BCUT2D eigenvalue weighted by molar-refractivity contribution is -0.114. The van der Waals surface area contributed by atoms with E-state index < -0.39 is 5.67 Å². The number of halogens is 1. The van der Waals surface area contributed by atoms with Crippen LogP contribution in [0.15, 0.2) is 54.9 Å². The minimum absolute atomic E-state index is 0.131. The van der Waals surface area contributed by atoms with Crippen LogP contribution in [0.1, 0.15) is 30.9 Å². The Balaban J connectivity index is 1.42. The molecule has 1 aromatic heterocycles. The van der Waals surface area contributed by atoms with Crippen molar-refractivity contribution in [3.63, 3.8) is 0 Å². The first-order chi connectivity index (χ1) is 15.4. The standard InChI is InChI=1S/C24H27FN6O/c1-17-20(28-18(2)32)9-6-10-21(17)29-22-26-16-27-23(30-22)31-13-11-24(25,12-14-31)15-19-7-4-3-5-8-19/h3-10,16H,11-15H2,1-2H3,(H,28,32)(H,26,27,29,30). The number of nitrogens with zero attached hydrogens (tertiary/aromatic N) is 4. The van der Waals surface area contributed by atoms with Gasteiger partial charge in [0.15, 0.2) is 0 Å². The molecule has 0 atom stereocenters. The predicted octanol–water partition coefficient (Wildman–Crippen LogP) is 4.43. The van der Waals surface area contributed by atoms with Gasteiger partial charge in [-0.25, -0.2) is 14.4 Å². The summed E-state index contributed by atoms with van der Waals surface area (Å²) in [5, 5.41) is 6.01. The Hall–Kier alpha value is -3.55. The minimum atomic E-state index is -1.22. The Morgan fingerprint density at radius 1 is 1.06 bits per heavy atom. The summed E-state index contributed by atoms with van der Waals surface area (Å²) in [7, 11) is 0. The molecule has 1 aliphatic rings. The number of amides is 1. The van der Waals surface area contributed by atoms with Crippen molar-refractivity contribution in [1.29, 1.82) is 0 Å². The fraction of sp³-hybridized carbons (Fsp3) is 0.333. The highest BCUT2D eigenvalue weighted by Crippen LogP contribution is 2.32. The van der Waals surface area contributed by atoms with Gasteiger partial charge in [-0.05, 0) is 43.0 Å². The lowest BCUT2D eigenvalue weighted by Gasteiger charge is -2.36. The van der Waals surface area contributed by atoms with Crippen molar-refractivity contribution in [2.75, 3.05) is 28.6 Å². The van der Waals surface area contributed by atoms with E-state index in [2.05, 4.69) is 25.6 Å². The zero-order valence-electron chi connectivity index (χ0n) is 18.3. The first-order valence-corrected chi connectivity index (χ1v) is 10.7. The van der Waals surface area contributed by atoms with Gasteiger partial charge in [0, 0.05) is 37.8 Å². The van der Waals surface area contributed by atoms with Crippen molar-refractivity contribution in [3.8, 4) is 0 Å². The van der Waals surface area contributed by atoms with Gasteiger partial charge in [-0.1, -0.05) is 36.4 Å². The van der Waals surface area contributed by atoms with E-state index in [-0.39, 0.29) is 5.91 Å². The summed E-state index contributed by atoms with van der Waals surface area (Å²) in [5.74, 6) is 0.799. The smallest absolute Gasteiger partial charge is 0.232 e. The molecule has 2 heterocycles. The summed E-state index contributed by atoms with van der Waals surface area (Å²) in [6, 6.07) is 15.4. The van der Waals surface area contributed by atoms with Crippen molar-refractivity contribution in [2.45, 2.75) is 38.8 Å². The van der Waals surface area contributed by atoms with Crippen LogP contribution in [0.25, 0.3) is 0 Å². The average Bonchev–Trinajstić information content (AvgIpc) is 2.77. The minimum Gasteiger partial charge on any atom is -0.340 e. The third-order valence-electron chi connectivity index (χ3n) is 5.76. The fourth-order valence-corrected chi connectivity index (χ4v) is 3.96. The van der Waals surface area contributed by atoms with Crippen LogP contribution in [0, 0.1) is 6.92 Å². The number of nitrogens with one attached hydrogen (secondary N) is 2. The SMILES string of the molecule is CC(=O)Nc1cccc(Nc2ncnc(N3CCC(F)(Cc4ccccc4)CC3)n2)c1C. The number of anilines is 4. The van der Waals surface area contributed by atoms with E-state index in [1.165, 1.54) is 13.3 Å². The van der Waals surface area contributed by atoms with Gasteiger partial charge in [0.05, 0.1) is 0 Å². The summed E-state index contributed by atoms with van der Waals surface area (Å²) in [5.41, 5.74) is 2.20. The Kier molecular flexibility index (Phi) is 6.30. The van der Waals surface area contributed by atoms with Gasteiger partial charge < -0.3 is 15.5 Å². The maximum absolute atomic E-state index is 15.4. The number of rotatable bonds is 6. The first kappa shape index (κ1) is 21.7. The van der Waals surface area contributed by atoms with Gasteiger partial charge in [0.2, 0.25) is 17.8 Å². The van der Waals surface area contributed by atoms with E-state index >= 15 is 4.39 Å². The van der Waals surface area contributed by atoms with E-state index in [1.54, 1.807) is 0 Å². The second-order valence-electron chi connectivity index (χ2n) is 8.19. The number of carbonyl (C=O) groups excluding carboxylic acids is 1. The molecule has 3 aromatic rings. The molecule has 0 spiro atoms. The molecule has 0 radical (unpaired) electrons. The highest BCUT2D eigenvalue weighted by atomic mass is 19.1. The van der Waals surface area contributed by atoms with Crippen molar-refractivity contribution in [1.82, 2.24) is 15.0 Å². The number of hydrogen-bond donors (Lipinski definition) is 2. The van der Waals surface area contributed by atoms with Gasteiger partial charge in [-0.2, -0.15) is 4.98 Å². The van der Waals surface area contributed by atoms with Gasteiger partial charge in [0.1, 0.15) is 12.0 Å². The molecule has 2 N–H and O–H groups in total. The Morgan fingerprint density at radius 3 is 2.50 bits per heavy atom. The molecule has 1 amide bonds. The molecule has 0 aliphatic carbocycles. The Morgan fingerprint density at radius 2 is 1.78 bits per heavy atom. The largest absolute Gasteiger partial charge is 0.340 e. The lowest BCUT2D eigenvalue weighted by atomic mass is 9.87. The monoisotopic (exact) mass is 434 g/mol. The van der Waals surface area contributed by atoms with Crippen LogP contribution < -0.4 is 15.5 Å². The molecule has 166 valence electrons. The molecule has 0 bridgehead atoms. The molecule has 0 unspecified atom stereocenters. The molecule has 32 heavy (non-hydrogen) atoms. The molecule has 4 rings (SSSR count). The molecule has 8 heteroatoms. The second-order valence-corrected chi connectivity index (χ2v) is 8.19. The van der Waals surface area contributed by atoms with Crippen LogP contribution in [0.2, 0.25) is 0 Å². The van der Waals surface area contributed by atoms with Gasteiger partial charge in [-0.15, -0.1) is 0 Å². The average molecular weight is 435 g/mol. The highest BCUT2D eigenvalue weighted by Gasteiger charge is 2.35. The lowest BCUT2D eigenvalue weighted by Crippen LogP contribution is -2.43. The summed E-state index contributed by atoms with van der Waals surface area (Å²) in [4.78, 5) is 26.5. The van der Waals surface area contributed by atoms with Crippen LogP contribution in [0.3, 0.4) is 0 Å². The summed E-state index contributed by atoms with van der Waals surface area (Å²) < 4.78 is 15.4. The second kappa shape index (κ2) is 9.30. The quantitative estimate of drug-likeness (QED) is 0.597. The number of piperidine rings is 1. The van der Waals surface area contributed by atoms with Crippen LogP contribution in [0.4, 0.5) is 27.7 Å². The Labute approximate surface area is 187 Å². The number of aromatic nitrogens is 3. The third kappa shape index (κ3) is 5.19. The summed E-state index contributed by atoms with van der Waals surface area (Å²) in [6.45, 7) is 4.48. The van der Waals surface area contributed by atoms with Gasteiger partial charge in [0.25, 0.3) is 0 Å². The Bertz CT molecular complexity index is 1080. The van der Waals surface area contributed by atoms with E-state index in [1.807, 2.05) is 60.4 Å². The van der Waals surface area contributed by atoms with Crippen LogP contribution >= 0.6 is 0 Å². The molecule has 1 aliphatic heterocycles. The molecule has 0 saturated carbocycles. The number of hydrogen-bond acceptors (Lipinski definition) is 6. The van der Waals surface area contributed by atoms with Crippen LogP contribution in [-0.2, 0) is 11.2 Å². The van der Waals surface area contributed by atoms with Crippen LogP contribution in [0.5, 0.6) is 0 Å². The number of carbonyl (C=O) groups is 1. The summed E-state index contributed by atoms with van der Waals surface area (Å²) in [6.07, 6.45) is 2.73. The molecular formula is C24H27FN6O. The van der Waals surface area contributed by atoms with E-state index in [4.69, 9.17) is 0 Å². The molecule has 2 aromatic carbocycles. The van der Waals surface area contributed by atoms with Crippen molar-refractivity contribution < 1.29 is 9.18 Å². The van der Waals surface area contributed by atoms with Gasteiger partial charge >= 0.3 is 0 Å². The fourth-order valence-electron chi connectivity index (χ4n) is 3.96. The van der Waals surface area contributed by atoms with Gasteiger partial charge in [-0.3, -0.25) is 4.79 Å². The maximum Gasteiger partial charge on any atom is 0.232 e. The molecule has 1 saturated heterocycles. The third-order valence-corrected chi connectivity index (χ3v) is 5.76. The van der Waals surface area contributed by atoms with Crippen molar-refractivity contribution >= 4 is 29.2 Å². The van der Waals surface area contributed by atoms with Crippen LogP contribution in [-0.4, -0.2) is 39.6 Å². The molecule has 1 fully saturated rings. The maximum atomic E-state index is 15.4. The zero-order chi connectivity index (χ0) is 22.6. The highest BCUT2D eigenvalue weighted by molar-refractivity contribution is 5.90. The molecular weight excluding hydrogens is 407 g/mol. The predicted molar refractivity (Wildman–Crippen MR) is 124 cm³/mol. The number of benzene rings is 2. The number of alkyl halides is 1. The van der Waals surface area contributed by atoms with E-state index in [0.717, 1.165) is 22.5 Å². The van der Waals surface area contributed by atoms with E-state index in [0.29, 0.717) is 44.2 Å². The first-order valence-electron chi connectivity index (χ1n) is 10.7. The topological polar surface area (TPSA) is 83.0 Å².